The molecular formula is C18H17NO2S. The summed E-state index contributed by atoms with van der Waals surface area (Å²) in [5, 5.41) is 10.7. The van der Waals surface area contributed by atoms with Crippen molar-refractivity contribution < 1.29 is 9.90 Å². The lowest BCUT2D eigenvalue weighted by Gasteiger charge is -2.21. The minimum atomic E-state index is 0.0220. The van der Waals surface area contributed by atoms with Crippen LogP contribution in [0.2, 0.25) is 0 Å². The first kappa shape index (κ1) is 14.7. The van der Waals surface area contributed by atoms with Crippen molar-refractivity contribution in [3.63, 3.8) is 0 Å². The Morgan fingerprint density at radius 1 is 1.27 bits per heavy atom. The number of phenols is 1. The van der Waals surface area contributed by atoms with Crippen molar-refractivity contribution in [2.45, 2.75) is 25.3 Å². The molecule has 0 bridgehead atoms. The highest BCUT2D eigenvalue weighted by Crippen LogP contribution is 2.47. The second kappa shape index (κ2) is 5.89. The van der Waals surface area contributed by atoms with E-state index >= 15 is 0 Å². The summed E-state index contributed by atoms with van der Waals surface area (Å²) in [6.45, 7) is 4.29. The number of benzene rings is 2. The van der Waals surface area contributed by atoms with Gasteiger partial charge in [0.25, 0.3) is 0 Å². The highest BCUT2D eigenvalue weighted by Gasteiger charge is 2.26. The maximum absolute atomic E-state index is 11.5. The van der Waals surface area contributed by atoms with Crippen LogP contribution in [0.5, 0.6) is 5.75 Å². The summed E-state index contributed by atoms with van der Waals surface area (Å²) >= 11 is 1.56. The second-order valence-corrected chi connectivity index (χ2v) is 6.48. The van der Waals surface area contributed by atoms with Gasteiger partial charge in [-0.05, 0) is 31.5 Å². The Balaban J connectivity index is 2.01. The summed E-state index contributed by atoms with van der Waals surface area (Å²) in [6.07, 6.45) is 1.65. The Bertz CT molecular complexity index is 767. The fraction of sp³-hybridized carbons (Fsp3) is 0.167. The fourth-order valence-electron chi connectivity index (χ4n) is 2.53. The first-order valence-corrected chi connectivity index (χ1v) is 7.91. The van der Waals surface area contributed by atoms with Gasteiger partial charge in [0, 0.05) is 23.6 Å². The van der Waals surface area contributed by atoms with Crippen LogP contribution in [0.4, 0.5) is 5.69 Å². The molecule has 0 atom stereocenters. The van der Waals surface area contributed by atoms with E-state index in [-0.39, 0.29) is 11.5 Å². The van der Waals surface area contributed by atoms with E-state index < -0.39 is 0 Å². The molecule has 0 saturated carbocycles. The highest BCUT2D eigenvalue weighted by molar-refractivity contribution is 8.03. The van der Waals surface area contributed by atoms with Crippen LogP contribution >= 0.6 is 11.8 Å². The molecule has 2 aromatic rings. The van der Waals surface area contributed by atoms with E-state index in [0.717, 1.165) is 15.6 Å². The van der Waals surface area contributed by atoms with Crippen LogP contribution in [0.3, 0.4) is 0 Å². The number of allylic oxidation sites excluding steroid dienone is 1. The number of carbonyl (C=O) groups excluding carboxylic acids is 1. The zero-order valence-electron chi connectivity index (χ0n) is 12.5. The molecule has 4 heteroatoms. The number of thioether (sulfide) groups is 1. The Labute approximate surface area is 134 Å². The Hall–Kier alpha value is -2.20. The standard InChI is InChI=1S/C18H17NO2S/c1-12-4-3-5-14(8-12)11-19-16-10-15(21)6-7-17(16)22-18(19)9-13(2)20/h3-10,21H,11H2,1-2H3/b18-9-. The van der Waals surface area contributed by atoms with Gasteiger partial charge in [-0.3, -0.25) is 4.79 Å². The van der Waals surface area contributed by atoms with Crippen LogP contribution in [-0.2, 0) is 11.3 Å². The van der Waals surface area contributed by atoms with E-state index in [0.29, 0.717) is 6.54 Å². The number of aromatic hydroxyl groups is 1. The molecule has 1 aliphatic heterocycles. The lowest BCUT2D eigenvalue weighted by atomic mass is 10.1. The van der Waals surface area contributed by atoms with Gasteiger partial charge in [0.2, 0.25) is 0 Å². The number of nitrogens with zero attached hydrogens (tertiary/aromatic N) is 1. The number of phenolic OH excluding ortho intramolecular Hbond substituents is 1. The molecular weight excluding hydrogens is 294 g/mol. The average molecular weight is 311 g/mol. The molecule has 112 valence electrons. The van der Waals surface area contributed by atoms with Gasteiger partial charge in [-0.2, -0.15) is 0 Å². The lowest BCUT2D eigenvalue weighted by molar-refractivity contribution is -0.112. The summed E-state index contributed by atoms with van der Waals surface area (Å²) in [6, 6.07) is 13.6. The van der Waals surface area contributed by atoms with Crippen molar-refractivity contribution in [2.75, 3.05) is 4.90 Å². The molecule has 0 aliphatic carbocycles. The first-order valence-electron chi connectivity index (χ1n) is 7.09. The number of fused-ring (bicyclic) bond motifs is 1. The van der Waals surface area contributed by atoms with Crippen molar-refractivity contribution in [1.82, 2.24) is 0 Å². The molecule has 0 unspecified atom stereocenters. The van der Waals surface area contributed by atoms with Crippen molar-refractivity contribution in [1.29, 1.82) is 0 Å². The molecule has 1 aliphatic rings. The van der Waals surface area contributed by atoms with Crippen molar-refractivity contribution in [2.24, 2.45) is 0 Å². The van der Waals surface area contributed by atoms with Gasteiger partial charge >= 0.3 is 0 Å². The third-order valence-corrected chi connectivity index (χ3v) is 4.58. The van der Waals surface area contributed by atoms with Crippen LogP contribution in [-0.4, -0.2) is 10.9 Å². The van der Waals surface area contributed by atoms with Crippen LogP contribution < -0.4 is 4.90 Å². The zero-order chi connectivity index (χ0) is 15.7. The molecule has 3 nitrogen and oxygen atoms in total. The van der Waals surface area contributed by atoms with Crippen molar-refractivity contribution in [3.8, 4) is 5.75 Å². The molecule has 0 saturated heterocycles. The topological polar surface area (TPSA) is 40.5 Å². The lowest BCUT2D eigenvalue weighted by Crippen LogP contribution is -2.17. The maximum Gasteiger partial charge on any atom is 0.155 e. The molecule has 1 heterocycles. The van der Waals surface area contributed by atoms with Crippen molar-refractivity contribution >= 4 is 23.2 Å². The molecule has 0 aromatic heterocycles. The Kier molecular flexibility index (Phi) is 3.94. The molecule has 22 heavy (non-hydrogen) atoms. The van der Waals surface area contributed by atoms with Crippen LogP contribution in [0.1, 0.15) is 18.1 Å². The van der Waals surface area contributed by atoms with Crippen molar-refractivity contribution in [3.05, 3.63) is 64.7 Å². The highest BCUT2D eigenvalue weighted by atomic mass is 32.2. The number of ketones is 1. The predicted octanol–water partition coefficient (Wildman–Crippen LogP) is 4.24. The molecule has 1 N–H and O–H groups in total. The smallest absolute Gasteiger partial charge is 0.155 e. The molecule has 0 fully saturated rings. The maximum atomic E-state index is 11.5. The third kappa shape index (κ3) is 3.02. The van der Waals surface area contributed by atoms with Gasteiger partial charge in [-0.15, -0.1) is 0 Å². The van der Waals surface area contributed by atoms with Gasteiger partial charge < -0.3 is 10.0 Å². The van der Waals surface area contributed by atoms with E-state index in [9.17, 15) is 9.90 Å². The minimum absolute atomic E-state index is 0.0220. The van der Waals surface area contributed by atoms with Crippen LogP contribution in [0.15, 0.2) is 58.5 Å². The number of hydrogen-bond acceptors (Lipinski definition) is 4. The van der Waals surface area contributed by atoms with E-state index in [4.69, 9.17) is 0 Å². The largest absolute Gasteiger partial charge is 0.508 e. The number of carbonyl (C=O) groups is 1. The van der Waals surface area contributed by atoms with E-state index in [2.05, 4.69) is 30.0 Å². The summed E-state index contributed by atoms with van der Waals surface area (Å²) < 4.78 is 0. The molecule has 0 radical (unpaired) electrons. The third-order valence-electron chi connectivity index (χ3n) is 3.46. The molecule has 0 spiro atoms. The van der Waals surface area contributed by atoms with Gasteiger partial charge in [0.1, 0.15) is 5.75 Å². The van der Waals surface area contributed by atoms with E-state index in [1.165, 1.54) is 11.1 Å². The molecule has 0 amide bonds. The predicted molar refractivity (Wildman–Crippen MR) is 90.1 cm³/mol. The average Bonchev–Trinajstić information content (AvgIpc) is 2.76. The zero-order valence-corrected chi connectivity index (χ0v) is 13.4. The number of anilines is 1. The quantitative estimate of drug-likeness (QED) is 0.861. The summed E-state index contributed by atoms with van der Waals surface area (Å²) in [5.74, 6) is 0.256. The van der Waals surface area contributed by atoms with E-state index in [1.54, 1.807) is 36.9 Å². The fourth-order valence-corrected chi connectivity index (χ4v) is 3.66. The SMILES string of the molecule is CC(=O)/C=C1\Sc2ccc(O)cc2N1Cc1cccc(C)c1. The second-order valence-electron chi connectivity index (χ2n) is 5.42. The molecule has 3 rings (SSSR count). The van der Waals surface area contributed by atoms with Crippen LogP contribution in [0.25, 0.3) is 0 Å². The molecule has 2 aromatic carbocycles. The number of hydrogen-bond donors (Lipinski definition) is 1. The Morgan fingerprint density at radius 2 is 2.09 bits per heavy atom. The monoisotopic (exact) mass is 311 g/mol. The van der Waals surface area contributed by atoms with Gasteiger partial charge in [0.05, 0.1) is 10.7 Å². The Morgan fingerprint density at radius 3 is 2.82 bits per heavy atom. The first-order chi connectivity index (χ1) is 10.5. The summed E-state index contributed by atoms with van der Waals surface area (Å²) in [4.78, 5) is 14.6. The van der Waals surface area contributed by atoms with E-state index in [1.807, 2.05) is 12.1 Å². The summed E-state index contributed by atoms with van der Waals surface area (Å²) in [7, 11) is 0. The normalized spacial score (nSPS) is 15.2. The number of rotatable bonds is 3. The van der Waals surface area contributed by atoms with Gasteiger partial charge in [-0.25, -0.2) is 0 Å². The number of aryl methyl sites for hydroxylation is 1. The summed E-state index contributed by atoms with van der Waals surface area (Å²) in [5.41, 5.74) is 3.32. The van der Waals surface area contributed by atoms with Gasteiger partial charge in [0.15, 0.2) is 5.78 Å². The minimum Gasteiger partial charge on any atom is -0.508 e. The van der Waals surface area contributed by atoms with Gasteiger partial charge in [-0.1, -0.05) is 41.6 Å². The van der Waals surface area contributed by atoms with Crippen LogP contribution in [0, 0.1) is 6.92 Å².